The quantitative estimate of drug-likeness (QED) is 0.0461. The van der Waals surface area contributed by atoms with Crippen LogP contribution in [0.4, 0.5) is 4.79 Å². The van der Waals surface area contributed by atoms with Crippen LogP contribution in [0, 0.1) is 0 Å². The molecule has 0 aromatic heterocycles. The highest BCUT2D eigenvalue weighted by Crippen LogP contribution is 2.15. The molecule has 0 aliphatic carbocycles. The van der Waals surface area contributed by atoms with Crippen LogP contribution in [-0.2, 0) is 19.1 Å². The molecule has 0 saturated heterocycles. The van der Waals surface area contributed by atoms with Crippen LogP contribution in [0.3, 0.4) is 0 Å². The first-order valence-electron chi connectivity index (χ1n) is 23.2. The Bertz CT molecular complexity index is 815. The van der Waals surface area contributed by atoms with Crippen LogP contribution in [0.2, 0.25) is 0 Å². The topological polar surface area (TPSA) is 118 Å². The lowest BCUT2D eigenvalue weighted by Gasteiger charge is -2.19. The molecule has 0 rings (SSSR count). The highest BCUT2D eigenvalue weighted by Gasteiger charge is 2.21. The smallest absolute Gasteiger partial charge is 0.314 e. The van der Waals surface area contributed by atoms with Crippen molar-refractivity contribution in [3.8, 4) is 0 Å². The molecule has 0 spiro atoms. The van der Waals surface area contributed by atoms with Crippen molar-refractivity contribution in [3.63, 3.8) is 0 Å². The molecule has 9 heteroatoms. The van der Waals surface area contributed by atoms with Crippen LogP contribution in [0.15, 0.2) is 0 Å². The molecule has 0 fully saturated rings. The summed E-state index contributed by atoms with van der Waals surface area (Å²) in [5.74, 6) is -0.481. The van der Waals surface area contributed by atoms with Gasteiger partial charge in [-0.25, -0.2) is 4.79 Å². The molecule has 0 aromatic carbocycles. The van der Waals surface area contributed by atoms with Gasteiger partial charge in [0.1, 0.15) is 6.04 Å². The lowest BCUT2D eigenvalue weighted by molar-refractivity contribution is -0.129. The number of amides is 4. The summed E-state index contributed by atoms with van der Waals surface area (Å²) in [6, 6.07) is -1.15. The Morgan fingerprint density at radius 3 is 1.28 bits per heavy atom. The van der Waals surface area contributed by atoms with E-state index in [1.54, 1.807) is 7.11 Å². The van der Waals surface area contributed by atoms with E-state index in [0.717, 1.165) is 32.1 Å². The summed E-state index contributed by atoms with van der Waals surface area (Å²) in [6.45, 7) is 6.79. The van der Waals surface area contributed by atoms with Crippen molar-refractivity contribution in [2.24, 2.45) is 0 Å². The van der Waals surface area contributed by atoms with Gasteiger partial charge in [-0.3, -0.25) is 9.59 Å². The van der Waals surface area contributed by atoms with Gasteiger partial charge >= 0.3 is 6.03 Å². The minimum atomic E-state index is -0.839. The summed E-state index contributed by atoms with van der Waals surface area (Å²) in [5.41, 5.74) is 0. The average Bonchev–Trinajstić information content (AvgIpc) is 3.17. The number of hydrogen-bond donors (Lipinski definition) is 4. The molecule has 0 bridgehead atoms. The number of carbonyl (C=O) groups is 3. The second kappa shape index (κ2) is 43.9. The molecule has 54 heavy (non-hydrogen) atoms. The van der Waals surface area contributed by atoms with Crippen molar-refractivity contribution in [1.82, 2.24) is 21.3 Å². The normalized spacial score (nSPS) is 11.8. The van der Waals surface area contributed by atoms with Gasteiger partial charge in [0.15, 0.2) is 0 Å². The number of methoxy groups -OCH3 is 1. The molecule has 9 nitrogen and oxygen atoms in total. The zero-order valence-electron chi connectivity index (χ0n) is 36.0. The molecule has 0 aliphatic heterocycles. The SMILES string of the molecule is CCCCCCCCCCCCCCCCCCCC(=O)NC(CNC(=O)NCCCCCCCCCCCCCCCC)C(=O)NCCOCCOC. The highest BCUT2D eigenvalue weighted by atomic mass is 16.5. The fourth-order valence-corrected chi connectivity index (χ4v) is 6.88. The first kappa shape index (κ1) is 52.1. The van der Waals surface area contributed by atoms with Crippen LogP contribution in [0.25, 0.3) is 0 Å². The van der Waals surface area contributed by atoms with Gasteiger partial charge in [0, 0.05) is 33.2 Å². The Labute approximate surface area is 334 Å². The molecule has 1 unspecified atom stereocenters. The molecule has 1 atom stereocenters. The molecule has 320 valence electrons. The summed E-state index contributed by atoms with van der Waals surface area (Å²) in [5, 5.41) is 11.4. The molecular weight excluding hydrogens is 677 g/mol. The molecule has 0 aromatic rings. The molecule has 4 amide bonds. The second-order valence-electron chi connectivity index (χ2n) is 15.7. The largest absolute Gasteiger partial charge is 0.382 e. The number of hydrogen-bond acceptors (Lipinski definition) is 5. The standard InChI is InChI=1S/C45H90N4O5/c1-4-6-8-10-12-14-16-18-20-21-22-23-25-27-29-31-33-35-43(50)49-42(44(51)46-37-38-54-40-39-53-3)41-48-45(52)47-36-34-32-30-28-26-24-19-17-15-13-11-9-7-5-2/h42H,4-41H2,1-3H3,(H,46,51)(H,49,50)(H2,47,48,52). The number of ether oxygens (including phenoxy) is 2. The van der Waals surface area contributed by atoms with E-state index in [-0.39, 0.29) is 24.4 Å². The van der Waals surface area contributed by atoms with Crippen LogP contribution < -0.4 is 21.3 Å². The summed E-state index contributed by atoms with van der Waals surface area (Å²) < 4.78 is 10.4. The number of unbranched alkanes of at least 4 members (excludes halogenated alkanes) is 29. The molecular formula is C45H90N4O5. The van der Waals surface area contributed by atoms with Gasteiger partial charge in [-0.1, -0.05) is 200 Å². The lowest BCUT2D eigenvalue weighted by Crippen LogP contribution is -2.54. The molecule has 0 aliphatic rings. The number of nitrogens with one attached hydrogen (secondary N) is 4. The van der Waals surface area contributed by atoms with Gasteiger partial charge in [-0.15, -0.1) is 0 Å². The van der Waals surface area contributed by atoms with Crippen molar-refractivity contribution in [2.45, 2.75) is 225 Å². The zero-order valence-corrected chi connectivity index (χ0v) is 36.0. The summed E-state index contributed by atoms with van der Waals surface area (Å²) >= 11 is 0. The van der Waals surface area contributed by atoms with Crippen LogP contribution in [-0.4, -0.2) is 70.5 Å². The van der Waals surface area contributed by atoms with Crippen LogP contribution >= 0.6 is 0 Å². The highest BCUT2D eigenvalue weighted by molar-refractivity contribution is 5.88. The van der Waals surface area contributed by atoms with Gasteiger partial charge in [0.25, 0.3) is 0 Å². The van der Waals surface area contributed by atoms with Gasteiger partial charge < -0.3 is 30.7 Å². The van der Waals surface area contributed by atoms with Gasteiger partial charge in [-0.05, 0) is 12.8 Å². The third-order valence-electron chi connectivity index (χ3n) is 10.4. The minimum Gasteiger partial charge on any atom is -0.382 e. The van der Waals surface area contributed by atoms with E-state index in [1.807, 2.05) is 0 Å². The summed E-state index contributed by atoms with van der Waals surface area (Å²) in [4.78, 5) is 38.2. The molecule has 0 heterocycles. The Hall–Kier alpha value is -1.87. The Morgan fingerprint density at radius 2 is 0.852 bits per heavy atom. The third kappa shape index (κ3) is 39.8. The van der Waals surface area contributed by atoms with E-state index in [4.69, 9.17) is 9.47 Å². The fourth-order valence-electron chi connectivity index (χ4n) is 6.88. The number of urea groups is 1. The summed E-state index contributed by atoms with van der Waals surface area (Å²) in [7, 11) is 1.61. The van der Waals surface area contributed by atoms with E-state index in [1.165, 1.54) is 167 Å². The van der Waals surface area contributed by atoms with Crippen molar-refractivity contribution < 1.29 is 23.9 Å². The maximum Gasteiger partial charge on any atom is 0.314 e. The maximum atomic E-state index is 12.9. The summed E-state index contributed by atoms with van der Waals surface area (Å²) in [6.07, 6.45) is 40.5. The van der Waals surface area contributed by atoms with Crippen LogP contribution in [0.5, 0.6) is 0 Å². The monoisotopic (exact) mass is 767 g/mol. The average molecular weight is 767 g/mol. The van der Waals surface area contributed by atoms with Gasteiger partial charge in [-0.2, -0.15) is 0 Å². The van der Waals surface area contributed by atoms with Crippen molar-refractivity contribution >= 4 is 17.8 Å². The van der Waals surface area contributed by atoms with Gasteiger partial charge in [0.2, 0.25) is 11.8 Å². The molecule has 0 saturated carbocycles. The van der Waals surface area contributed by atoms with Crippen molar-refractivity contribution in [3.05, 3.63) is 0 Å². The van der Waals surface area contributed by atoms with Crippen LogP contribution in [0.1, 0.15) is 219 Å². The zero-order chi connectivity index (χ0) is 39.4. The van der Waals surface area contributed by atoms with E-state index in [2.05, 4.69) is 35.1 Å². The first-order chi connectivity index (χ1) is 26.5. The van der Waals surface area contributed by atoms with E-state index < -0.39 is 6.04 Å². The third-order valence-corrected chi connectivity index (χ3v) is 10.4. The number of rotatable bonds is 43. The predicted molar refractivity (Wildman–Crippen MR) is 228 cm³/mol. The second-order valence-corrected chi connectivity index (χ2v) is 15.7. The van der Waals surface area contributed by atoms with Crippen molar-refractivity contribution in [1.29, 1.82) is 0 Å². The van der Waals surface area contributed by atoms with Crippen molar-refractivity contribution in [2.75, 3.05) is 46.6 Å². The fraction of sp³-hybridized carbons (Fsp3) is 0.933. The Kier molecular flexibility index (Phi) is 42.3. The van der Waals surface area contributed by atoms with E-state index in [0.29, 0.717) is 39.3 Å². The predicted octanol–water partition coefficient (Wildman–Crippen LogP) is 11.1. The minimum absolute atomic E-state index is 0.0335. The number of carbonyl (C=O) groups excluding carboxylic acids is 3. The maximum absolute atomic E-state index is 12.9. The first-order valence-corrected chi connectivity index (χ1v) is 23.2. The van der Waals surface area contributed by atoms with Gasteiger partial charge in [0.05, 0.1) is 19.8 Å². The lowest BCUT2D eigenvalue weighted by atomic mass is 10.0. The Morgan fingerprint density at radius 1 is 0.444 bits per heavy atom. The molecule has 4 N–H and O–H groups in total. The Balaban J connectivity index is 4.11. The van der Waals surface area contributed by atoms with E-state index >= 15 is 0 Å². The molecule has 0 radical (unpaired) electrons. The van der Waals surface area contributed by atoms with E-state index in [9.17, 15) is 14.4 Å².